The number of hydrogen-bond acceptors (Lipinski definition) is 3. The molecule has 0 aliphatic carbocycles. The number of aryl methyl sites for hydroxylation is 1. The van der Waals surface area contributed by atoms with Crippen molar-refractivity contribution in [3.63, 3.8) is 0 Å². The minimum absolute atomic E-state index is 0.455. The predicted octanol–water partition coefficient (Wildman–Crippen LogP) is 0.909. The van der Waals surface area contributed by atoms with E-state index in [9.17, 15) is 4.79 Å². The molecule has 82 valence electrons. The lowest BCUT2D eigenvalue weighted by molar-refractivity contribution is 0.216. The van der Waals surface area contributed by atoms with Crippen LogP contribution in [-0.4, -0.2) is 18.1 Å². The first-order valence-electron chi connectivity index (χ1n) is 4.58. The molecule has 1 aromatic rings. The van der Waals surface area contributed by atoms with Gasteiger partial charge in [-0.2, -0.15) is 0 Å². The molecule has 0 heterocycles. The topological polar surface area (TPSA) is 75.6 Å². The first-order valence-corrected chi connectivity index (χ1v) is 4.58. The summed E-state index contributed by atoms with van der Waals surface area (Å²) in [5, 5.41) is 1.99. The van der Waals surface area contributed by atoms with Gasteiger partial charge in [0, 0.05) is 7.05 Å². The Balaban J connectivity index is 3.06. The molecule has 4 N–H and O–H groups in total. The van der Waals surface area contributed by atoms with Gasteiger partial charge in [0.1, 0.15) is 0 Å². The zero-order chi connectivity index (χ0) is 11.6. The van der Waals surface area contributed by atoms with Crippen LogP contribution in [0.5, 0.6) is 0 Å². The fourth-order valence-electron chi connectivity index (χ4n) is 1.27. The summed E-state index contributed by atoms with van der Waals surface area (Å²) in [7, 11) is 1.45. The lowest BCUT2D eigenvalue weighted by atomic mass is 10.1. The van der Waals surface area contributed by atoms with E-state index >= 15 is 0 Å². The third-order valence-electron chi connectivity index (χ3n) is 2.34. The van der Waals surface area contributed by atoms with Crippen LogP contribution in [0.15, 0.2) is 18.2 Å². The van der Waals surface area contributed by atoms with Crippen LogP contribution in [0, 0.1) is 13.8 Å². The Morgan fingerprint density at radius 1 is 1.27 bits per heavy atom. The molecule has 5 heteroatoms. The van der Waals surface area contributed by atoms with Crippen molar-refractivity contribution in [3.05, 3.63) is 29.3 Å². The second-order valence-corrected chi connectivity index (χ2v) is 3.48. The Hall–Kier alpha value is -1.59. The van der Waals surface area contributed by atoms with E-state index in [4.69, 9.17) is 11.7 Å². The second-order valence-electron chi connectivity index (χ2n) is 3.48. The highest BCUT2D eigenvalue weighted by atomic mass is 16.2. The Morgan fingerprint density at radius 3 is 2.40 bits per heavy atom. The van der Waals surface area contributed by atoms with E-state index in [1.807, 2.05) is 26.0 Å². The number of rotatable bonds is 1. The second kappa shape index (κ2) is 4.29. The Bertz CT molecular complexity index is 376. The quantitative estimate of drug-likeness (QED) is 0.409. The summed E-state index contributed by atoms with van der Waals surface area (Å²) < 4.78 is 0. The summed E-state index contributed by atoms with van der Waals surface area (Å²) in [4.78, 5) is 11.5. The third kappa shape index (κ3) is 2.26. The van der Waals surface area contributed by atoms with Crippen LogP contribution in [-0.2, 0) is 0 Å². The van der Waals surface area contributed by atoms with E-state index in [1.165, 1.54) is 7.05 Å². The lowest BCUT2D eigenvalue weighted by Crippen LogP contribution is -2.48. The molecule has 15 heavy (non-hydrogen) atoms. The Morgan fingerprint density at radius 2 is 1.87 bits per heavy atom. The molecule has 0 spiro atoms. The normalized spacial score (nSPS) is 9.93. The van der Waals surface area contributed by atoms with E-state index < -0.39 is 6.03 Å². The largest absolute Gasteiger partial charge is 0.352 e. The van der Waals surface area contributed by atoms with Crippen LogP contribution in [0.2, 0.25) is 0 Å². The standard InChI is InChI=1S/C10H16N4O/c1-7-5-4-6-9(8(7)2)14(12)10(15)13(3)11/h4-6H,11-12H2,1-3H3. The van der Waals surface area contributed by atoms with Crippen LogP contribution in [0.25, 0.3) is 0 Å². The van der Waals surface area contributed by atoms with Crippen LogP contribution in [0.4, 0.5) is 10.5 Å². The highest BCUT2D eigenvalue weighted by Crippen LogP contribution is 2.20. The molecular weight excluding hydrogens is 192 g/mol. The third-order valence-corrected chi connectivity index (χ3v) is 2.34. The molecule has 0 unspecified atom stereocenters. The first-order chi connectivity index (χ1) is 6.95. The van der Waals surface area contributed by atoms with Gasteiger partial charge in [0.25, 0.3) is 0 Å². The van der Waals surface area contributed by atoms with Gasteiger partial charge < -0.3 is 0 Å². The van der Waals surface area contributed by atoms with Crippen molar-refractivity contribution in [1.82, 2.24) is 5.01 Å². The minimum Gasteiger partial charge on any atom is -0.264 e. The van der Waals surface area contributed by atoms with Gasteiger partial charge in [-0.05, 0) is 31.0 Å². The molecule has 0 aliphatic rings. The lowest BCUT2D eigenvalue weighted by Gasteiger charge is -2.22. The van der Waals surface area contributed by atoms with E-state index in [0.29, 0.717) is 5.69 Å². The predicted molar refractivity (Wildman–Crippen MR) is 59.9 cm³/mol. The summed E-state index contributed by atoms with van der Waals surface area (Å²) >= 11 is 0. The Labute approximate surface area is 89.2 Å². The number of amides is 2. The number of anilines is 1. The average molecular weight is 208 g/mol. The van der Waals surface area contributed by atoms with Crippen molar-refractivity contribution in [1.29, 1.82) is 0 Å². The average Bonchev–Trinajstić information content (AvgIpc) is 2.20. The summed E-state index contributed by atoms with van der Waals surface area (Å²) in [6.07, 6.45) is 0. The minimum atomic E-state index is -0.455. The summed E-state index contributed by atoms with van der Waals surface area (Å²) in [5.74, 6) is 11.0. The van der Waals surface area contributed by atoms with Crippen molar-refractivity contribution in [2.24, 2.45) is 11.7 Å². The maximum absolute atomic E-state index is 11.5. The van der Waals surface area contributed by atoms with E-state index in [0.717, 1.165) is 21.1 Å². The van der Waals surface area contributed by atoms with Gasteiger partial charge in [-0.3, -0.25) is 5.01 Å². The molecule has 0 aromatic heterocycles. The molecule has 5 nitrogen and oxygen atoms in total. The number of nitrogens with zero attached hydrogens (tertiary/aromatic N) is 2. The SMILES string of the molecule is Cc1cccc(N(N)C(=O)N(C)N)c1C. The maximum atomic E-state index is 11.5. The Kier molecular flexibility index (Phi) is 3.28. The molecule has 0 radical (unpaired) electrons. The van der Waals surface area contributed by atoms with Gasteiger partial charge in [-0.1, -0.05) is 12.1 Å². The molecular formula is C10H16N4O. The van der Waals surface area contributed by atoms with E-state index in [2.05, 4.69) is 0 Å². The fourth-order valence-corrected chi connectivity index (χ4v) is 1.27. The summed E-state index contributed by atoms with van der Waals surface area (Å²) in [6, 6.07) is 5.14. The molecule has 0 atom stereocenters. The van der Waals surface area contributed by atoms with Crippen molar-refractivity contribution < 1.29 is 4.79 Å². The van der Waals surface area contributed by atoms with Crippen LogP contribution >= 0.6 is 0 Å². The van der Waals surface area contributed by atoms with Gasteiger partial charge in [0.2, 0.25) is 0 Å². The summed E-state index contributed by atoms with van der Waals surface area (Å²) in [5.41, 5.74) is 2.71. The highest BCUT2D eigenvalue weighted by molar-refractivity contribution is 5.91. The number of carbonyl (C=O) groups is 1. The summed E-state index contributed by atoms with van der Waals surface area (Å²) in [6.45, 7) is 3.87. The molecule has 0 aliphatic heterocycles. The number of hydrazine groups is 2. The van der Waals surface area contributed by atoms with Gasteiger partial charge in [-0.25, -0.2) is 21.5 Å². The smallest absolute Gasteiger partial charge is 0.264 e. The van der Waals surface area contributed by atoms with E-state index in [-0.39, 0.29) is 0 Å². The maximum Gasteiger partial charge on any atom is 0.352 e. The number of hydrogen-bond donors (Lipinski definition) is 2. The molecule has 1 aromatic carbocycles. The van der Waals surface area contributed by atoms with Crippen molar-refractivity contribution >= 4 is 11.7 Å². The monoisotopic (exact) mass is 208 g/mol. The van der Waals surface area contributed by atoms with Crippen molar-refractivity contribution in [2.45, 2.75) is 13.8 Å². The zero-order valence-electron chi connectivity index (χ0n) is 9.19. The van der Waals surface area contributed by atoms with Crippen LogP contribution in [0.1, 0.15) is 11.1 Å². The molecule has 1 rings (SSSR count). The molecule has 0 saturated heterocycles. The molecule has 0 saturated carbocycles. The van der Waals surface area contributed by atoms with Gasteiger partial charge in [-0.15, -0.1) is 0 Å². The van der Waals surface area contributed by atoms with Crippen LogP contribution < -0.4 is 16.7 Å². The van der Waals surface area contributed by atoms with E-state index in [1.54, 1.807) is 6.07 Å². The number of nitrogens with two attached hydrogens (primary N) is 2. The first kappa shape index (κ1) is 11.5. The zero-order valence-corrected chi connectivity index (χ0v) is 9.19. The number of urea groups is 1. The van der Waals surface area contributed by atoms with Gasteiger partial charge in [0.15, 0.2) is 0 Å². The van der Waals surface area contributed by atoms with Gasteiger partial charge in [0.05, 0.1) is 5.69 Å². The van der Waals surface area contributed by atoms with Gasteiger partial charge >= 0.3 is 6.03 Å². The molecule has 2 amide bonds. The van der Waals surface area contributed by atoms with Crippen molar-refractivity contribution in [3.8, 4) is 0 Å². The van der Waals surface area contributed by atoms with Crippen LogP contribution in [0.3, 0.4) is 0 Å². The molecule has 0 fully saturated rings. The highest BCUT2D eigenvalue weighted by Gasteiger charge is 2.16. The number of carbonyl (C=O) groups excluding carboxylic acids is 1. The van der Waals surface area contributed by atoms with Crippen molar-refractivity contribution in [2.75, 3.05) is 12.1 Å². The fraction of sp³-hybridized carbons (Fsp3) is 0.300. The number of benzene rings is 1. The molecule has 0 bridgehead atoms.